The van der Waals surface area contributed by atoms with Gasteiger partial charge in [0.2, 0.25) is 6.54 Å². The highest BCUT2D eigenvalue weighted by molar-refractivity contribution is 5.90. The second-order valence-corrected chi connectivity index (χ2v) is 4.42. The van der Waals surface area contributed by atoms with Crippen LogP contribution in [0.1, 0.15) is 0 Å². The summed E-state index contributed by atoms with van der Waals surface area (Å²) in [6, 6.07) is 0. The van der Waals surface area contributed by atoms with E-state index in [2.05, 4.69) is 4.99 Å². The first kappa shape index (κ1) is 15.1. The largest absolute Gasteiger partial charge is 0.537 e. The third-order valence-electron chi connectivity index (χ3n) is 3.18. The molecule has 0 N–H and O–H groups in total. The molecule has 0 amide bonds. The van der Waals surface area contributed by atoms with Crippen LogP contribution in [-0.4, -0.2) is 72.9 Å². The molecule has 2 rings (SSSR count). The summed E-state index contributed by atoms with van der Waals surface area (Å²) in [6.45, 7) is -2.95. The maximum atomic E-state index is 11.2. The van der Waals surface area contributed by atoms with Gasteiger partial charge in [-0.1, -0.05) is 10.0 Å². The second kappa shape index (κ2) is 4.90. The summed E-state index contributed by atoms with van der Waals surface area (Å²) in [7, 11) is 0. The smallest absolute Gasteiger partial charge is 0.301 e. The second-order valence-electron chi connectivity index (χ2n) is 4.42. The van der Waals surface area contributed by atoms with E-state index >= 15 is 0 Å². The zero-order chi connectivity index (χ0) is 16.7. The van der Waals surface area contributed by atoms with E-state index in [4.69, 9.17) is 0 Å². The number of aliphatic imine (C=N–C) groups is 1. The molecule has 0 aliphatic carbocycles. The Labute approximate surface area is 119 Å². The molecule has 22 heavy (non-hydrogen) atoms. The number of hydrazine groups is 2. The Morgan fingerprint density at radius 1 is 0.909 bits per heavy atom. The molecule has 2 aliphatic rings. The van der Waals surface area contributed by atoms with Crippen LogP contribution < -0.4 is 0 Å². The summed E-state index contributed by atoms with van der Waals surface area (Å²) < 4.78 is 0. The van der Waals surface area contributed by atoms with Crippen molar-refractivity contribution in [2.45, 2.75) is 5.66 Å². The van der Waals surface area contributed by atoms with Gasteiger partial charge in [-0.3, -0.25) is 20.2 Å². The Kier molecular flexibility index (Phi) is 3.35. The molecule has 2 heterocycles. The first-order valence-corrected chi connectivity index (χ1v) is 5.57. The van der Waals surface area contributed by atoms with Gasteiger partial charge in [-0.15, -0.1) is 0 Å². The molecule has 16 nitrogen and oxygen atoms in total. The summed E-state index contributed by atoms with van der Waals surface area (Å²) in [4.78, 5) is 45.7. The number of nitrogens with zero attached hydrogens (tertiary/aromatic N) is 8. The molecule has 0 aromatic heterocycles. The normalized spacial score (nSPS) is 20.0. The van der Waals surface area contributed by atoms with Crippen molar-refractivity contribution in [2.75, 3.05) is 26.6 Å². The van der Waals surface area contributed by atoms with Crippen LogP contribution in [0.2, 0.25) is 0 Å². The van der Waals surface area contributed by atoms with Gasteiger partial charge in [0.25, 0.3) is 5.84 Å². The summed E-state index contributed by atoms with van der Waals surface area (Å²) in [6.07, 6.45) is 0. The van der Waals surface area contributed by atoms with Crippen LogP contribution in [0, 0.1) is 40.5 Å². The molecule has 0 unspecified atom stereocenters. The van der Waals surface area contributed by atoms with Crippen molar-refractivity contribution in [3.63, 3.8) is 0 Å². The molecule has 1 fully saturated rings. The quantitative estimate of drug-likeness (QED) is 0.310. The Hall–Kier alpha value is -3.33. The minimum atomic E-state index is -3.05. The lowest BCUT2D eigenvalue weighted by Gasteiger charge is -2.38. The van der Waals surface area contributed by atoms with Crippen LogP contribution in [0.4, 0.5) is 0 Å². The standard InChI is InChI=1S/C6H8N8O8/c15-11(16)6(12(17)18)1-9(13(19)20)3-8-4-10(14(21)22)2-7-5(6)8/h1-4H2. The highest BCUT2D eigenvalue weighted by Gasteiger charge is 2.70. The summed E-state index contributed by atoms with van der Waals surface area (Å²) in [5, 5.41) is 42.8. The van der Waals surface area contributed by atoms with Gasteiger partial charge in [0.1, 0.15) is 9.85 Å². The lowest BCUT2D eigenvalue weighted by molar-refractivity contribution is -0.793. The SMILES string of the molecule is O=[N+]([O-])N1CN=C2N(C1)CN([N+](=O)[O-])CC2([N+](=O)[O-])[N+](=O)[O-]. The van der Waals surface area contributed by atoms with Crippen molar-refractivity contribution < 1.29 is 19.9 Å². The zero-order valence-electron chi connectivity index (χ0n) is 10.7. The first-order chi connectivity index (χ1) is 10.2. The van der Waals surface area contributed by atoms with E-state index in [9.17, 15) is 40.5 Å². The van der Waals surface area contributed by atoms with Gasteiger partial charge in [-0.05, 0) is 0 Å². The number of hydrogen-bond acceptors (Lipinski definition) is 10. The third-order valence-corrected chi connectivity index (χ3v) is 3.18. The molecule has 16 heteroatoms. The van der Waals surface area contributed by atoms with Gasteiger partial charge in [-0.2, -0.15) is 0 Å². The van der Waals surface area contributed by atoms with E-state index in [-0.39, 0.29) is 5.01 Å². The summed E-state index contributed by atoms with van der Waals surface area (Å²) in [5.41, 5.74) is -3.05. The van der Waals surface area contributed by atoms with Crippen LogP contribution >= 0.6 is 0 Å². The van der Waals surface area contributed by atoms with E-state index in [0.717, 1.165) is 4.90 Å². The van der Waals surface area contributed by atoms with Gasteiger partial charge in [0.15, 0.2) is 30.1 Å². The van der Waals surface area contributed by atoms with Gasteiger partial charge in [0, 0.05) is 0 Å². The van der Waals surface area contributed by atoms with Crippen molar-refractivity contribution >= 4 is 5.84 Å². The predicted octanol–water partition coefficient (Wildman–Crippen LogP) is -2.18. The topological polar surface area (TPSA) is 195 Å². The third kappa shape index (κ3) is 2.05. The Balaban J connectivity index is 2.51. The van der Waals surface area contributed by atoms with Gasteiger partial charge < -0.3 is 4.90 Å². The molecule has 0 atom stereocenters. The molecule has 0 saturated carbocycles. The predicted molar refractivity (Wildman–Crippen MR) is 63.1 cm³/mol. The van der Waals surface area contributed by atoms with E-state index in [1.807, 2.05) is 0 Å². The Bertz CT molecular complexity index is 575. The van der Waals surface area contributed by atoms with Crippen molar-refractivity contribution in [1.82, 2.24) is 14.9 Å². The average Bonchev–Trinajstić information content (AvgIpc) is 2.44. The molecular formula is C6H8N8O8. The number of rotatable bonds is 4. The summed E-state index contributed by atoms with van der Waals surface area (Å²) in [5.74, 6) is -0.640. The average molecular weight is 320 g/mol. The molecule has 0 radical (unpaired) electrons. The Morgan fingerprint density at radius 2 is 1.41 bits per heavy atom. The fraction of sp³-hybridized carbons (Fsp3) is 0.833. The molecule has 0 bridgehead atoms. The van der Waals surface area contributed by atoms with Gasteiger partial charge in [-0.25, -0.2) is 25.2 Å². The Morgan fingerprint density at radius 3 is 1.86 bits per heavy atom. The summed E-state index contributed by atoms with van der Waals surface area (Å²) >= 11 is 0. The number of fused-ring (bicyclic) bond motifs is 1. The number of hydrogen-bond donors (Lipinski definition) is 0. The van der Waals surface area contributed by atoms with Crippen LogP contribution in [0.5, 0.6) is 0 Å². The van der Waals surface area contributed by atoms with E-state index in [1.165, 1.54) is 0 Å². The maximum Gasteiger partial charge on any atom is 0.537 e. The number of amidine groups is 1. The molecule has 120 valence electrons. The van der Waals surface area contributed by atoms with Gasteiger partial charge in [0.05, 0.1) is 0 Å². The van der Waals surface area contributed by atoms with E-state index < -0.39 is 58.0 Å². The lowest BCUT2D eigenvalue weighted by atomic mass is 10.1. The molecule has 0 aromatic rings. The zero-order valence-corrected chi connectivity index (χ0v) is 10.7. The van der Waals surface area contributed by atoms with Crippen LogP contribution in [0.25, 0.3) is 0 Å². The molecule has 2 aliphatic heterocycles. The van der Waals surface area contributed by atoms with Crippen molar-refractivity contribution in [3.05, 3.63) is 40.5 Å². The van der Waals surface area contributed by atoms with Crippen molar-refractivity contribution in [3.8, 4) is 0 Å². The van der Waals surface area contributed by atoms with E-state index in [0.29, 0.717) is 5.01 Å². The molecular weight excluding hydrogens is 312 g/mol. The molecule has 1 saturated heterocycles. The fourth-order valence-corrected chi connectivity index (χ4v) is 2.18. The fourth-order valence-electron chi connectivity index (χ4n) is 2.18. The maximum absolute atomic E-state index is 11.2. The van der Waals surface area contributed by atoms with Crippen LogP contribution in [-0.2, 0) is 0 Å². The highest BCUT2D eigenvalue weighted by Crippen LogP contribution is 2.26. The first-order valence-electron chi connectivity index (χ1n) is 5.57. The van der Waals surface area contributed by atoms with Crippen LogP contribution in [0.3, 0.4) is 0 Å². The van der Waals surface area contributed by atoms with Gasteiger partial charge >= 0.3 is 5.66 Å². The molecule has 0 spiro atoms. The van der Waals surface area contributed by atoms with Crippen molar-refractivity contribution in [2.24, 2.45) is 4.99 Å². The molecule has 0 aromatic carbocycles. The lowest BCUT2D eigenvalue weighted by Crippen LogP contribution is -2.73. The highest BCUT2D eigenvalue weighted by atomic mass is 16.7. The van der Waals surface area contributed by atoms with E-state index in [1.54, 1.807) is 0 Å². The van der Waals surface area contributed by atoms with Crippen LogP contribution in [0.15, 0.2) is 4.99 Å². The minimum absolute atomic E-state index is 0.244. The minimum Gasteiger partial charge on any atom is -0.301 e. The number of nitro groups is 4. The monoisotopic (exact) mass is 320 g/mol. The van der Waals surface area contributed by atoms with Crippen molar-refractivity contribution in [1.29, 1.82) is 0 Å².